The zero-order valence-electron chi connectivity index (χ0n) is 16.1. The van der Waals surface area contributed by atoms with Crippen molar-refractivity contribution in [3.8, 4) is 5.75 Å². The minimum absolute atomic E-state index is 0.0608. The maximum absolute atomic E-state index is 12.5. The molecule has 0 aromatic heterocycles. The van der Waals surface area contributed by atoms with Gasteiger partial charge in [0.2, 0.25) is 0 Å². The minimum atomic E-state index is -0.0683. The number of ether oxygens (including phenoxy) is 2. The van der Waals surface area contributed by atoms with Crippen molar-refractivity contribution in [2.75, 3.05) is 32.9 Å². The molecule has 0 bridgehead atoms. The second kappa shape index (κ2) is 9.53. The van der Waals surface area contributed by atoms with Gasteiger partial charge in [0.05, 0.1) is 25.9 Å². The molecule has 1 N–H and O–H groups in total. The minimum Gasteiger partial charge on any atom is -0.494 e. The summed E-state index contributed by atoms with van der Waals surface area (Å²) in [5.41, 5.74) is 2.95. The number of amides is 1. The monoisotopic (exact) mass is 368 g/mol. The summed E-state index contributed by atoms with van der Waals surface area (Å²) in [4.78, 5) is 14.9. The van der Waals surface area contributed by atoms with Crippen molar-refractivity contribution in [1.82, 2.24) is 10.2 Å². The lowest BCUT2D eigenvalue weighted by molar-refractivity contribution is 0.0342. The first-order valence-corrected chi connectivity index (χ1v) is 9.58. The number of hydrogen-bond donors (Lipinski definition) is 1. The molecule has 0 radical (unpaired) electrons. The molecular formula is C22H28N2O3. The van der Waals surface area contributed by atoms with Gasteiger partial charge in [-0.15, -0.1) is 0 Å². The molecule has 1 amide bonds. The Kier molecular flexibility index (Phi) is 6.85. The molecular weight excluding hydrogens is 340 g/mol. The van der Waals surface area contributed by atoms with Gasteiger partial charge in [0.15, 0.2) is 0 Å². The summed E-state index contributed by atoms with van der Waals surface area (Å²) in [6.07, 6.45) is 0. The van der Waals surface area contributed by atoms with Gasteiger partial charge < -0.3 is 14.8 Å². The van der Waals surface area contributed by atoms with Crippen LogP contribution in [-0.2, 0) is 11.3 Å². The molecule has 2 aromatic rings. The van der Waals surface area contributed by atoms with E-state index in [0.717, 1.165) is 44.2 Å². The summed E-state index contributed by atoms with van der Waals surface area (Å²) in [7, 11) is 0. The lowest BCUT2D eigenvalue weighted by Gasteiger charge is -2.26. The highest BCUT2D eigenvalue weighted by molar-refractivity contribution is 5.94. The lowest BCUT2D eigenvalue weighted by atomic mass is 10.1. The molecule has 27 heavy (non-hydrogen) atoms. The Morgan fingerprint density at radius 2 is 1.78 bits per heavy atom. The number of carbonyl (C=O) groups excluding carboxylic acids is 1. The predicted molar refractivity (Wildman–Crippen MR) is 106 cm³/mol. The molecule has 0 aliphatic carbocycles. The van der Waals surface area contributed by atoms with Gasteiger partial charge in [-0.25, -0.2) is 0 Å². The third kappa shape index (κ3) is 5.55. The Bertz CT molecular complexity index is 722. The van der Waals surface area contributed by atoms with Crippen LogP contribution in [0.4, 0.5) is 0 Å². The molecule has 1 aliphatic rings. The fraction of sp³-hybridized carbons (Fsp3) is 0.409. The molecule has 5 nitrogen and oxygen atoms in total. The van der Waals surface area contributed by atoms with E-state index in [9.17, 15) is 4.79 Å². The van der Waals surface area contributed by atoms with Gasteiger partial charge >= 0.3 is 0 Å². The summed E-state index contributed by atoms with van der Waals surface area (Å²) in [6, 6.07) is 15.6. The van der Waals surface area contributed by atoms with E-state index in [1.165, 1.54) is 5.56 Å². The smallest absolute Gasteiger partial charge is 0.251 e. The van der Waals surface area contributed by atoms with E-state index in [1.807, 2.05) is 62.4 Å². The third-order valence-electron chi connectivity index (χ3n) is 4.76. The number of benzene rings is 2. The van der Waals surface area contributed by atoms with Gasteiger partial charge in [-0.05, 0) is 49.2 Å². The van der Waals surface area contributed by atoms with Crippen molar-refractivity contribution in [3.63, 3.8) is 0 Å². The van der Waals surface area contributed by atoms with Crippen LogP contribution in [-0.4, -0.2) is 43.7 Å². The van der Waals surface area contributed by atoms with Crippen molar-refractivity contribution >= 4 is 5.91 Å². The maximum atomic E-state index is 12.5. The molecule has 1 heterocycles. The van der Waals surface area contributed by atoms with Crippen molar-refractivity contribution < 1.29 is 14.3 Å². The molecule has 1 saturated heterocycles. The molecule has 1 fully saturated rings. The van der Waals surface area contributed by atoms with E-state index in [2.05, 4.69) is 10.2 Å². The van der Waals surface area contributed by atoms with Gasteiger partial charge in [-0.2, -0.15) is 0 Å². The van der Waals surface area contributed by atoms with Crippen LogP contribution in [0.5, 0.6) is 5.75 Å². The average molecular weight is 368 g/mol. The Hall–Kier alpha value is -2.37. The first kappa shape index (κ1) is 19.4. The second-order valence-corrected chi connectivity index (χ2v) is 6.78. The highest BCUT2D eigenvalue weighted by Gasteiger charge is 2.13. The van der Waals surface area contributed by atoms with Crippen LogP contribution < -0.4 is 10.1 Å². The quantitative estimate of drug-likeness (QED) is 0.814. The van der Waals surface area contributed by atoms with Crippen molar-refractivity contribution in [1.29, 1.82) is 0 Å². The highest BCUT2D eigenvalue weighted by Crippen LogP contribution is 2.18. The number of nitrogens with zero attached hydrogens (tertiary/aromatic N) is 1. The SMILES string of the molecule is CCOc1ccc(C(C)NC(=O)c2ccc(CN3CCOCC3)cc2)cc1. The van der Waals surface area contributed by atoms with E-state index < -0.39 is 0 Å². The summed E-state index contributed by atoms with van der Waals surface area (Å²) in [5, 5.41) is 3.06. The normalized spacial score (nSPS) is 15.9. The second-order valence-electron chi connectivity index (χ2n) is 6.78. The highest BCUT2D eigenvalue weighted by atomic mass is 16.5. The van der Waals surface area contributed by atoms with E-state index in [-0.39, 0.29) is 11.9 Å². The first-order chi connectivity index (χ1) is 13.2. The molecule has 144 valence electrons. The first-order valence-electron chi connectivity index (χ1n) is 9.58. The van der Waals surface area contributed by atoms with Crippen LogP contribution >= 0.6 is 0 Å². The number of rotatable bonds is 7. The molecule has 0 spiro atoms. The molecule has 1 unspecified atom stereocenters. The zero-order chi connectivity index (χ0) is 19.1. The van der Waals surface area contributed by atoms with Gasteiger partial charge in [0.25, 0.3) is 5.91 Å². The fourth-order valence-electron chi connectivity index (χ4n) is 3.16. The Labute approximate surface area is 161 Å². The number of nitrogens with one attached hydrogen (secondary N) is 1. The summed E-state index contributed by atoms with van der Waals surface area (Å²) < 4.78 is 10.8. The van der Waals surface area contributed by atoms with Crippen molar-refractivity contribution in [2.45, 2.75) is 26.4 Å². The molecule has 3 rings (SSSR count). The third-order valence-corrected chi connectivity index (χ3v) is 4.76. The van der Waals surface area contributed by atoms with Crippen LogP contribution in [0, 0.1) is 0 Å². The van der Waals surface area contributed by atoms with Crippen LogP contribution in [0.2, 0.25) is 0 Å². The van der Waals surface area contributed by atoms with Crippen LogP contribution in [0.15, 0.2) is 48.5 Å². The fourth-order valence-corrected chi connectivity index (χ4v) is 3.16. The maximum Gasteiger partial charge on any atom is 0.251 e. The topological polar surface area (TPSA) is 50.8 Å². The van der Waals surface area contributed by atoms with E-state index in [0.29, 0.717) is 12.2 Å². The summed E-state index contributed by atoms with van der Waals surface area (Å²) in [5.74, 6) is 0.782. The van der Waals surface area contributed by atoms with Crippen LogP contribution in [0.3, 0.4) is 0 Å². The molecule has 0 saturated carbocycles. The predicted octanol–water partition coefficient (Wildman–Crippen LogP) is 3.41. The van der Waals surface area contributed by atoms with Gasteiger partial charge in [0, 0.05) is 25.2 Å². The lowest BCUT2D eigenvalue weighted by Crippen LogP contribution is -2.35. The summed E-state index contributed by atoms with van der Waals surface area (Å²) >= 11 is 0. The van der Waals surface area contributed by atoms with Crippen molar-refractivity contribution in [3.05, 3.63) is 65.2 Å². The number of carbonyl (C=O) groups is 1. The molecule has 1 aliphatic heterocycles. The largest absolute Gasteiger partial charge is 0.494 e. The number of morpholine rings is 1. The molecule has 5 heteroatoms. The molecule has 2 aromatic carbocycles. The van der Waals surface area contributed by atoms with Gasteiger partial charge in [0.1, 0.15) is 5.75 Å². The summed E-state index contributed by atoms with van der Waals surface area (Å²) in [6.45, 7) is 9.00. The zero-order valence-corrected chi connectivity index (χ0v) is 16.1. The Morgan fingerprint density at radius 1 is 1.11 bits per heavy atom. The van der Waals surface area contributed by atoms with E-state index >= 15 is 0 Å². The van der Waals surface area contributed by atoms with E-state index in [1.54, 1.807) is 0 Å². The van der Waals surface area contributed by atoms with Crippen molar-refractivity contribution in [2.24, 2.45) is 0 Å². The standard InChI is InChI=1S/C22H28N2O3/c1-3-27-21-10-8-19(9-11-21)17(2)23-22(25)20-6-4-18(5-7-20)16-24-12-14-26-15-13-24/h4-11,17H,3,12-16H2,1-2H3,(H,23,25). The Balaban J connectivity index is 1.55. The number of hydrogen-bond acceptors (Lipinski definition) is 4. The van der Waals surface area contributed by atoms with E-state index in [4.69, 9.17) is 9.47 Å². The average Bonchev–Trinajstić information content (AvgIpc) is 2.70. The molecule has 1 atom stereocenters. The van der Waals surface area contributed by atoms with Crippen LogP contribution in [0.1, 0.15) is 41.4 Å². The van der Waals surface area contributed by atoms with Gasteiger partial charge in [-0.3, -0.25) is 9.69 Å². The van der Waals surface area contributed by atoms with Crippen LogP contribution in [0.25, 0.3) is 0 Å². The van der Waals surface area contributed by atoms with Gasteiger partial charge in [-0.1, -0.05) is 24.3 Å². The Morgan fingerprint density at radius 3 is 2.41 bits per heavy atom.